The van der Waals surface area contributed by atoms with Gasteiger partial charge in [0.25, 0.3) is 0 Å². The number of benzene rings is 2. The van der Waals surface area contributed by atoms with Crippen molar-refractivity contribution in [1.29, 1.82) is 0 Å². The molecule has 1 aliphatic rings. The average Bonchev–Trinajstić information content (AvgIpc) is 2.41. The van der Waals surface area contributed by atoms with Crippen LogP contribution in [0.4, 0.5) is 0 Å². The first-order valence-electron chi connectivity index (χ1n) is 5.96. The zero-order valence-corrected chi connectivity index (χ0v) is 12.4. The van der Waals surface area contributed by atoms with Crippen molar-refractivity contribution in [2.75, 3.05) is 0 Å². The van der Waals surface area contributed by atoms with E-state index in [1.54, 1.807) is 30.1 Å². The second-order valence-corrected chi connectivity index (χ2v) is 6.52. The van der Waals surface area contributed by atoms with Crippen molar-refractivity contribution in [3.05, 3.63) is 62.9 Å². The molecule has 0 spiro atoms. The van der Waals surface area contributed by atoms with Crippen LogP contribution >= 0.6 is 35.0 Å². The van der Waals surface area contributed by atoms with Crippen LogP contribution in [0.1, 0.15) is 0 Å². The smallest absolute Gasteiger partial charge is 0.189 e. The van der Waals surface area contributed by atoms with Crippen molar-refractivity contribution in [2.24, 2.45) is 0 Å². The maximum Gasteiger partial charge on any atom is 0.189 e. The van der Waals surface area contributed by atoms with E-state index >= 15 is 0 Å². The quantitative estimate of drug-likeness (QED) is 0.466. The van der Waals surface area contributed by atoms with Crippen LogP contribution in [0.25, 0.3) is 16.6 Å². The highest BCUT2D eigenvalue weighted by molar-refractivity contribution is 7.99. The predicted molar refractivity (Wildman–Crippen MR) is 83.7 cm³/mol. The molecule has 0 fully saturated rings. The molecule has 0 atom stereocenters. The van der Waals surface area contributed by atoms with Gasteiger partial charge in [0, 0.05) is 37.5 Å². The van der Waals surface area contributed by atoms with E-state index in [-0.39, 0.29) is 5.43 Å². The molecule has 0 aliphatic carbocycles. The van der Waals surface area contributed by atoms with E-state index in [0.29, 0.717) is 15.4 Å². The fourth-order valence-electron chi connectivity index (χ4n) is 2.48. The first kappa shape index (κ1) is 12.3. The monoisotopic (exact) mass is 319 g/mol. The molecule has 0 amide bonds. The van der Waals surface area contributed by atoms with E-state index in [1.807, 2.05) is 28.8 Å². The Morgan fingerprint density at radius 3 is 2.60 bits per heavy atom. The average molecular weight is 320 g/mol. The number of pyridine rings is 1. The fourth-order valence-corrected chi connectivity index (χ4v) is 4.19. The second kappa shape index (κ2) is 4.29. The van der Waals surface area contributed by atoms with Crippen LogP contribution < -0.4 is 5.43 Å². The second-order valence-electron chi connectivity index (χ2n) is 4.56. The molecule has 0 unspecified atom stereocenters. The Morgan fingerprint density at radius 2 is 1.75 bits per heavy atom. The maximum absolute atomic E-state index is 12.0. The summed E-state index contributed by atoms with van der Waals surface area (Å²) in [6, 6.07) is 10.9. The number of nitrogens with zero attached hydrogens (tertiary/aromatic N) is 1. The Bertz CT molecular complexity index is 933. The summed E-state index contributed by atoms with van der Waals surface area (Å²) in [7, 11) is 0. The van der Waals surface area contributed by atoms with Gasteiger partial charge in [-0.3, -0.25) is 4.79 Å². The zero-order chi connectivity index (χ0) is 13.9. The van der Waals surface area contributed by atoms with Crippen molar-refractivity contribution in [2.45, 2.75) is 9.79 Å². The minimum absolute atomic E-state index is 0.0157. The molecule has 2 nitrogen and oxygen atoms in total. The molecule has 2 aromatic carbocycles. The van der Waals surface area contributed by atoms with Crippen LogP contribution in [0.5, 0.6) is 0 Å². The minimum atomic E-state index is -0.0157. The summed E-state index contributed by atoms with van der Waals surface area (Å²) in [5.74, 6) is 0. The van der Waals surface area contributed by atoms with Gasteiger partial charge >= 0.3 is 0 Å². The fraction of sp³-hybridized carbons (Fsp3) is 0. The van der Waals surface area contributed by atoms with E-state index < -0.39 is 0 Å². The summed E-state index contributed by atoms with van der Waals surface area (Å²) >= 11 is 13.8. The lowest BCUT2D eigenvalue weighted by atomic mass is 10.2. The molecule has 4 rings (SSSR count). The molecular weight excluding hydrogens is 313 g/mol. The van der Waals surface area contributed by atoms with Gasteiger partial charge in [-0.25, -0.2) is 0 Å². The topological polar surface area (TPSA) is 22.0 Å². The zero-order valence-electron chi connectivity index (χ0n) is 10.1. The molecule has 0 saturated carbocycles. The lowest BCUT2D eigenvalue weighted by Crippen LogP contribution is -2.10. The standard InChI is InChI=1S/C15H7Cl2NOS/c16-8-1-2-11-13(6-8)20-14-7-9(17)5-10-12(19)3-4-18(11)15(10)14/h1-7H. The number of rotatable bonds is 0. The van der Waals surface area contributed by atoms with Crippen molar-refractivity contribution in [3.63, 3.8) is 0 Å². The third kappa shape index (κ3) is 1.71. The first-order chi connectivity index (χ1) is 9.63. The SMILES string of the molecule is O=c1ccn2c3c(cc(Cl)cc13)Sc1cc(Cl)ccc1-2. The van der Waals surface area contributed by atoms with Gasteiger partial charge in [0.2, 0.25) is 0 Å². The predicted octanol–water partition coefficient (Wildman–Crippen LogP) is 4.76. The Morgan fingerprint density at radius 1 is 0.950 bits per heavy atom. The summed E-state index contributed by atoms with van der Waals surface area (Å²) < 4.78 is 2.02. The van der Waals surface area contributed by atoms with E-state index in [2.05, 4.69) is 0 Å². The Labute approximate surface area is 128 Å². The minimum Gasteiger partial charge on any atom is -0.314 e. The number of fused-ring (bicyclic) bond motifs is 2. The van der Waals surface area contributed by atoms with Crippen LogP contribution in [0.15, 0.2) is 57.2 Å². The van der Waals surface area contributed by atoms with Gasteiger partial charge in [0.1, 0.15) is 0 Å². The molecule has 2 heterocycles. The van der Waals surface area contributed by atoms with E-state index in [1.165, 1.54) is 0 Å². The molecule has 3 aromatic rings. The first-order valence-corrected chi connectivity index (χ1v) is 7.53. The molecule has 1 aromatic heterocycles. The van der Waals surface area contributed by atoms with E-state index in [4.69, 9.17) is 23.2 Å². The van der Waals surface area contributed by atoms with Crippen molar-refractivity contribution in [1.82, 2.24) is 4.57 Å². The van der Waals surface area contributed by atoms with Crippen molar-refractivity contribution in [3.8, 4) is 5.69 Å². The summed E-state index contributed by atoms with van der Waals surface area (Å²) in [6.45, 7) is 0. The summed E-state index contributed by atoms with van der Waals surface area (Å²) in [4.78, 5) is 14.1. The molecule has 1 aliphatic heterocycles. The lowest BCUT2D eigenvalue weighted by molar-refractivity contribution is 1.03. The highest BCUT2D eigenvalue weighted by Crippen LogP contribution is 2.43. The molecule has 5 heteroatoms. The third-order valence-corrected chi connectivity index (χ3v) is 4.85. The number of aromatic nitrogens is 1. The van der Waals surface area contributed by atoms with E-state index in [9.17, 15) is 4.79 Å². The highest BCUT2D eigenvalue weighted by Gasteiger charge is 2.19. The van der Waals surface area contributed by atoms with Crippen LogP contribution in [-0.2, 0) is 0 Å². The maximum atomic E-state index is 12.0. The Hall–Kier alpha value is -1.42. The van der Waals surface area contributed by atoms with Crippen molar-refractivity contribution < 1.29 is 0 Å². The number of hydrogen-bond donors (Lipinski definition) is 0. The third-order valence-electron chi connectivity index (χ3n) is 3.32. The van der Waals surface area contributed by atoms with Crippen LogP contribution in [0, 0.1) is 0 Å². The number of halogens is 2. The normalized spacial score (nSPS) is 12.5. The van der Waals surface area contributed by atoms with Gasteiger partial charge in [-0.2, -0.15) is 0 Å². The lowest BCUT2D eigenvalue weighted by Gasteiger charge is -2.22. The van der Waals surface area contributed by atoms with Crippen LogP contribution in [0.2, 0.25) is 10.0 Å². The van der Waals surface area contributed by atoms with Gasteiger partial charge in [-0.15, -0.1) is 0 Å². The van der Waals surface area contributed by atoms with Gasteiger partial charge in [0.15, 0.2) is 5.43 Å². The molecule has 0 N–H and O–H groups in total. The van der Waals surface area contributed by atoms with Crippen LogP contribution in [0.3, 0.4) is 0 Å². The van der Waals surface area contributed by atoms with E-state index in [0.717, 1.165) is 21.0 Å². The van der Waals surface area contributed by atoms with Gasteiger partial charge in [-0.1, -0.05) is 35.0 Å². The summed E-state index contributed by atoms with van der Waals surface area (Å²) in [5.41, 5.74) is 1.92. The summed E-state index contributed by atoms with van der Waals surface area (Å²) in [5, 5.41) is 1.91. The molecule has 0 radical (unpaired) electrons. The molecule has 20 heavy (non-hydrogen) atoms. The van der Waals surface area contributed by atoms with Gasteiger partial charge in [0.05, 0.1) is 11.2 Å². The Kier molecular flexibility index (Phi) is 2.64. The molecule has 98 valence electrons. The molecule has 0 saturated heterocycles. The molecule has 0 bridgehead atoms. The number of hydrogen-bond acceptors (Lipinski definition) is 2. The highest BCUT2D eigenvalue weighted by atomic mass is 35.5. The Balaban J connectivity index is 2.20. The van der Waals surface area contributed by atoms with Crippen molar-refractivity contribution >= 4 is 45.9 Å². The van der Waals surface area contributed by atoms with Gasteiger partial charge < -0.3 is 4.57 Å². The largest absolute Gasteiger partial charge is 0.314 e. The molecular formula is C15H7Cl2NOS. The van der Waals surface area contributed by atoms with Crippen LogP contribution in [-0.4, -0.2) is 4.57 Å². The summed E-state index contributed by atoms with van der Waals surface area (Å²) in [6.07, 6.45) is 1.80. The van der Waals surface area contributed by atoms with Gasteiger partial charge in [-0.05, 0) is 30.3 Å².